The molecule has 0 nitrogen and oxygen atoms in total. The lowest BCUT2D eigenvalue weighted by Crippen LogP contribution is -1.92. The van der Waals surface area contributed by atoms with Gasteiger partial charge in [-0.25, -0.2) is 0 Å². The average molecular weight is 138 g/mol. The lowest BCUT2D eigenvalue weighted by molar-refractivity contribution is 0.779. The van der Waals surface area contributed by atoms with Crippen LogP contribution in [0.5, 0.6) is 0 Å². The molecule has 0 saturated carbocycles. The van der Waals surface area contributed by atoms with Gasteiger partial charge in [0.1, 0.15) is 0 Å². The minimum absolute atomic E-state index is 0.654. The van der Waals surface area contributed by atoms with Crippen molar-refractivity contribution in [2.24, 2.45) is 5.92 Å². The van der Waals surface area contributed by atoms with Gasteiger partial charge in [-0.1, -0.05) is 31.6 Å². The molecular formula is C10H18. The van der Waals surface area contributed by atoms with E-state index in [1.807, 2.05) is 0 Å². The summed E-state index contributed by atoms with van der Waals surface area (Å²) in [6, 6.07) is 0. The smallest absolute Gasteiger partial charge is 0.0220 e. The SMILES string of the molecule is C/C=C\C(=C(C)C)C(C)C. The van der Waals surface area contributed by atoms with Gasteiger partial charge in [0.15, 0.2) is 0 Å². The Hall–Kier alpha value is -0.520. The van der Waals surface area contributed by atoms with E-state index < -0.39 is 0 Å². The lowest BCUT2D eigenvalue weighted by Gasteiger charge is -2.07. The predicted molar refractivity (Wildman–Crippen MR) is 48.0 cm³/mol. The topological polar surface area (TPSA) is 0 Å². The molecule has 0 saturated heterocycles. The normalized spacial score (nSPS) is 11.0. The average Bonchev–Trinajstić information content (AvgIpc) is 1.81. The Labute approximate surface area is 64.6 Å². The fourth-order valence-electron chi connectivity index (χ4n) is 1.12. The van der Waals surface area contributed by atoms with Crippen LogP contribution in [-0.2, 0) is 0 Å². The molecule has 0 aliphatic carbocycles. The molecule has 0 aromatic heterocycles. The van der Waals surface area contributed by atoms with Crippen LogP contribution in [0.3, 0.4) is 0 Å². The Morgan fingerprint density at radius 1 is 1.20 bits per heavy atom. The molecule has 0 rings (SSSR count). The third-order valence-electron chi connectivity index (χ3n) is 1.55. The second-order valence-corrected chi connectivity index (χ2v) is 3.11. The zero-order valence-corrected chi connectivity index (χ0v) is 7.73. The van der Waals surface area contributed by atoms with Crippen molar-refractivity contribution in [1.82, 2.24) is 0 Å². The lowest BCUT2D eigenvalue weighted by atomic mass is 9.98. The van der Waals surface area contributed by atoms with E-state index in [-0.39, 0.29) is 0 Å². The molecule has 0 amide bonds. The second-order valence-electron chi connectivity index (χ2n) is 3.11. The number of allylic oxidation sites excluding steroid dienone is 4. The van der Waals surface area contributed by atoms with Crippen LogP contribution < -0.4 is 0 Å². The second kappa shape index (κ2) is 4.32. The van der Waals surface area contributed by atoms with Crippen LogP contribution >= 0.6 is 0 Å². The van der Waals surface area contributed by atoms with Crippen molar-refractivity contribution in [3.8, 4) is 0 Å². The maximum atomic E-state index is 2.22. The summed E-state index contributed by atoms with van der Waals surface area (Å²) in [4.78, 5) is 0. The van der Waals surface area contributed by atoms with Gasteiger partial charge in [-0.05, 0) is 32.3 Å². The fraction of sp³-hybridized carbons (Fsp3) is 0.600. The molecule has 0 bridgehead atoms. The molecule has 0 heteroatoms. The Kier molecular flexibility index (Phi) is 4.10. The van der Waals surface area contributed by atoms with Gasteiger partial charge in [-0.2, -0.15) is 0 Å². The maximum Gasteiger partial charge on any atom is -0.0220 e. The predicted octanol–water partition coefficient (Wildman–Crippen LogP) is 3.55. The van der Waals surface area contributed by atoms with E-state index in [9.17, 15) is 0 Å². The Morgan fingerprint density at radius 3 is 1.80 bits per heavy atom. The van der Waals surface area contributed by atoms with E-state index in [0.717, 1.165) is 0 Å². The summed E-state index contributed by atoms with van der Waals surface area (Å²) in [5, 5.41) is 0. The van der Waals surface area contributed by atoms with Crippen molar-refractivity contribution in [1.29, 1.82) is 0 Å². The summed E-state index contributed by atoms with van der Waals surface area (Å²) in [6.45, 7) is 10.8. The highest BCUT2D eigenvalue weighted by atomic mass is 14.0. The summed E-state index contributed by atoms with van der Waals surface area (Å²) in [5.41, 5.74) is 2.88. The zero-order valence-electron chi connectivity index (χ0n) is 7.73. The van der Waals surface area contributed by atoms with Gasteiger partial charge in [-0.15, -0.1) is 0 Å². The van der Waals surface area contributed by atoms with Gasteiger partial charge in [0.25, 0.3) is 0 Å². The van der Waals surface area contributed by atoms with Gasteiger partial charge in [0.2, 0.25) is 0 Å². The van der Waals surface area contributed by atoms with Crippen LogP contribution in [0, 0.1) is 5.92 Å². The first kappa shape index (κ1) is 9.48. The molecule has 0 radical (unpaired) electrons. The largest absolute Gasteiger partial charge is 0.0874 e. The van der Waals surface area contributed by atoms with E-state index in [0.29, 0.717) is 5.92 Å². The van der Waals surface area contributed by atoms with Crippen molar-refractivity contribution >= 4 is 0 Å². The van der Waals surface area contributed by atoms with Crippen LogP contribution in [0.15, 0.2) is 23.3 Å². The minimum atomic E-state index is 0.654. The molecule has 0 aromatic carbocycles. The summed E-state index contributed by atoms with van der Waals surface area (Å²) >= 11 is 0. The Balaban J connectivity index is 4.44. The third-order valence-corrected chi connectivity index (χ3v) is 1.55. The van der Waals surface area contributed by atoms with Crippen molar-refractivity contribution < 1.29 is 0 Å². The van der Waals surface area contributed by atoms with Crippen molar-refractivity contribution in [3.05, 3.63) is 23.3 Å². The van der Waals surface area contributed by atoms with Gasteiger partial charge >= 0.3 is 0 Å². The molecule has 0 heterocycles. The van der Waals surface area contributed by atoms with E-state index >= 15 is 0 Å². The van der Waals surface area contributed by atoms with Crippen molar-refractivity contribution in [2.75, 3.05) is 0 Å². The zero-order chi connectivity index (χ0) is 8.15. The van der Waals surface area contributed by atoms with Gasteiger partial charge in [0, 0.05) is 0 Å². The molecule has 0 aromatic rings. The highest BCUT2D eigenvalue weighted by Gasteiger charge is 1.99. The molecule has 58 valence electrons. The van der Waals surface area contributed by atoms with Gasteiger partial charge < -0.3 is 0 Å². The van der Waals surface area contributed by atoms with Crippen LogP contribution in [0.1, 0.15) is 34.6 Å². The Bertz CT molecular complexity index is 143. The fourth-order valence-corrected chi connectivity index (χ4v) is 1.12. The summed E-state index contributed by atoms with van der Waals surface area (Å²) in [5.74, 6) is 0.654. The molecule has 0 spiro atoms. The monoisotopic (exact) mass is 138 g/mol. The molecule has 0 fully saturated rings. The molecular weight excluding hydrogens is 120 g/mol. The van der Waals surface area contributed by atoms with Gasteiger partial charge in [0.05, 0.1) is 0 Å². The third kappa shape index (κ3) is 2.86. The molecule has 0 N–H and O–H groups in total. The summed E-state index contributed by atoms with van der Waals surface area (Å²) in [6.07, 6.45) is 4.29. The standard InChI is InChI=1S/C10H18/c1-6-7-10(8(2)3)9(4)5/h6-8H,1-5H3/b7-6-. The van der Waals surface area contributed by atoms with Crippen LogP contribution in [0.4, 0.5) is 0 Å². The van der Waals surface area contributed by atoms with Crippen LogP contribution in [0.25, 0.3) is 0 Å². The van der Waals surface area contributed by atoms with Crippen molar-refractivity contribution in [3.63, 3.8) is 0 Å². The first-order valence-corrected chi connectivity index (χ1v) is 3.89. The highest BCUT2D eigenvalue weighted by Crippen LogP contribution is 2.15. The summed E-state index contributed by atoms with van der Waals surface area (Å²) < 4.78 is 0. The number of hydrogen-bond acceptors (Lipinski definition) is 0. The van der Waals surface area contributed by atoms with E-state index in [1.165, 1.54) is 11.1 Å². The first-order valence-electron chi connectivity index (χ1n) is 3.89. The Morgan fingerprint density at radius 2 is 1.70 bits per heavy atom. The van der Waals surface area contributed by atoms with Crippen molar-refractivity contribution in [2.45, 2.75) is 34.6 Å². The summed E-state index contributed by atoms with van der Waals surface area (Å²) in [7, 11) is 0. The van der Waals surface area contributed by atoms with E-state index in [2.05, 4.69) is 46.8 Å². The first-order chi connectivity index (χ1) is 4.59. The molecule has 10 heavy (non-hydrogen) atoms. The number of hydrogen-bond donors (Lipinski definition) is 0. The quantitative estimate of drug-likeness (QED) is 0.512. The molecule has 0 atom stereocenters. The number of rotatable bonds is 2. The highest BCUT2D eigenvalue weighted by molar-refractivity contribution is 5.24. The molecule has 0 aliphatic heterocycles. The van der Waals surface area contributed by atoms with Gasteiger partial charge in [-0.3, -0.25) is 0 Å². The maximum absolute atomic E-state index is 2.22. The molecule has 0 unspecified atom stereocenters. The van der Waals surface area contributed by atoms with Crippen LogP contribution in [0.2, 0.25) is 0 Å². The van der Waals surface area contributed by atoms with Crippen LogP contribution in [-0.4, -0.2) is 0 Å². The molecule has 0 aliphatic rings. The van der Waals surface area contributed by atoms with E-state index in [1.54, 1.807) is 0 Å². The van der Waals surface area contributed by atoms with E-state index in [4.69, 9.17) is 0 Å². The minimum Gasteiger partial charge on any atom is -0.0874 e.